The maximum absolute atomic E-state index is 9.71. The molecule has 0 radical (unpaired) electrons. The highest BCUT2D eigenvalue weighted by molar-refractivity contribution is 5.19. The summed E-state index contributed by atoms with van der Waals surface area (Å²) in [5, 5.41) is 13.4. The van der Waals surface area contributed by atoms with E-state index in [4.69, 9.17) is 0 Å². The molecule has 0 amide bonds. The van der Waals surface area contributed by atoms with E-state index in [0.29, 0.717) is 6.04 Å². The van der Waals surface area contributed by atoms with E-state index in [1.807, 2.05) is 18.2 Å². The number of unbranched alkanes of at least 4 members (excludes halogenated alkanes) is 4. The molecule has 1 atom stereocenters. The van der Waals surface area contributed by atoms with E-state index in [1.165, 1.54) is 56.9 Å². The molecule has 0 aromatic heterocycles. The molecule has 2 nitrogen and oxygen atoms in total. The van der Waals surface area contributed by atoms with Gasteiger partial charge in [-0.3, -0.25) is 0 Å². The molecular formula is C19H33NO. The molecular weight excluding hydrogens is 258 g/mol. The summed E-state index contributed by atoms with van der Waals surface area (Å²) in [4.78, 5) is 0. The van der Waals surface area contributed by atoms with E-state index in [2.05, 4.69) is 31.3 Å². The van der Waals surface area contributed by atoms with Crippen molar-refractivity contribution in [1.29, 1.82) is 0 Å². The van der Waals surface area contributed by atoms with Gasteiger partial charge < -0.3 is 10.4 Å². The molecule has 0 unspecified atom stereocenters. The van der Waals surface area contributed by atoms with E-state index in [9.17, 15) is 5.11 Å². The van der Waals surface area contributed by atoms with Crippen molar-refractivity contribution in [3.05, 3.63) is 35.9 Å². The predicted octanol–water partition coefficient (Wildman–Crippen LogP) is 4.84. The van der Waals surface area contributed by atoms with Crippen LogP contribution in [0, 0.1) is 0 Å². The van der Waals surface area contributed by atoms with Gasteiger partial charge in [-0.1, -0.05) is 82.7 Å². The van der Waals surface area contributed by atoms with Gasteiger partial charge in [0.1, 0.15) is 0 Å². The fourth-order valence-electron chi connectivity index (χ4n) is 2.82. The number of rotatable bonds is 12. The molecule has 21 heavy (non-hydrogen) atoms. The monoisotopic (exact) mass is 291 g/mol. The van der Waals surface area contributed by atoms with Crippen molar-refractivity contribution < 1.29 is 5.11 Å². The third-order valence-corrected chi connectivity index (χ3v) is 4.13. The van der Waals surface area contributed by atoms with E-state index >= 15 is 0 Å². The Balaban J connectivity index is 2.54. The van der Waals surface area contributed by atoms with Crippen molar-refractivity contribution in [3.8, 4) is 0 Å². The first-order chi connectivity index (χ1) is 10.3. The lowest BCUT2D eigenvalue weighted by Crippen LogP contribution is -2.34. The Morgan fingerprint density at radius 3 is 1.95 bits per heavy atom. The lowest BCUT2D eigenvalue weighted by Gasteiger charge is -2.25. The summed E-state index contributed by atoms with van der Waals surface area (Å²) in [6.45, 7) is 4.67. The van der Waals surface area contributed by atoms with Crippen LogP contribution in [0.15, 0.2) is 30.3 Å². The smallest absolute Gasteiger partial charge is 0.0626 e. The summed E-state index contributed by atoms with van der Waals surface area (Å²) in [7, 11) is 0. The van der Waals surface area contributed by atoms with Gasteiger partial charge in [0, 0.05) is 6.04 Å². The van der Waals surface area contributed by atoms with E-state index in [0.717, 1.165) is 0 Å². The SMILES string of the molecule is CCCCCC(CCCCC)N[C@@H](CO)c1ccccc1. The van der Waals surface area contributed by atoms with Crippen LogP contribution in [0.1, 0.15) is 76.8 Å². The first-order valence-electron chi connectivity index (χ1n) is 8.73. The Morgan fingerprint density at radius 1 is 0.905 bits per heavy atom. The lowest BCUT2D eigenvalue weighted by molar-refractivity contribution is 0.225. The van der Waals surface area contributed by atoms with Crippen LogP contribution in [0.25, 0.3) is 0 Å². The van der Waals surface area contributed by atoms with Crippen LogP contribution < -0.4 is 5.32 Å². The van der Waals surface area contributed by atoms with Crippen molar-refractivity contribution in [2.75, 3.05) is 6.61 Å². The molecule has 120 valence electrons. The average molecular weight is 291 g/mol. The van der Waals surface area contributed by atoms with Crippen LogP contribution >= 0.6 is 0 Å². The van der Waals surface area contributed by atoms with Gasteiger partial charge in [-0.25, -0.2) is 0 Å². The van der Waals surface area contributed by atoms with Gasteiger partial charge in [-0.2, -0.15) is 0 Å². The second-order valence-corrected chi connectivity index (χ2v) is 6.00. The summed E-state index contributed by atoms with van der Waals surface area (Å²) in [5.41, 5.74) is 1.19. The zero-order chi connectivity index (χ0) is 15.3. The van der Waals surface area contributed by atoms with Gasteiger partial charge in [0.2, 0.25) is 0 Å². The second-order valence-electron chi connectivity index (χ2n) is 6.00. The van der Waals surface area contributed by atoms with Gasteiger partial charge in [0.15, 0.2) is 0 Å². The fourth-order valence-corrected chi connectivity index (χ4v) is 2.82. The minimum atomic E-state index is 0.0689. The number of nitrogens with one attached hydrogen (secondary N) is 1. The molecule has 1 rings (SSSR count). The molecule has 1 aromatic carbocycles. The standard InChI is InChI=1S/C19H33NO/c1-3-5-8-14-18(15-9-6-4-2)20-19(16-21)17-12-10-7-11-13-17/h7,10-13,18-21H,3-6,8-9,14-16H2,1-2H3/t19-/m0/s1. The Kier molecular flexibility index (Phi) is 10.2. The molecule has 2 heteroatoms. The van der Waals surface area contributed by atoms with Gasteiger partial charge in [0.05, 0.1) is 12.6 Å². The summed E-state index contributed by atoms with van der Waals surface area (Å²) in [6, 6.07) is 10.9. The first kappa shape index (κ1) is 18.2. The quantitative estimate of drug-likeness (QED) is 0.540. The number of hydrogen-bond donors (Lipinski definition) is 2. The van der Waals surface area contributed by atoms with Gasteiger partial charge in [-0.15, -0.1) is 0 Å². The number of benzene rings is 1. The van der Waals surface area contributed by atoms with Gasteiger partial charge in [-0.05, 0) is 18.4 Å². The molecule has 0 saturated carbocycles. The molecule has 0 aliphatic carbocycles. The Hall–Kier alpha value is -0.860. The van der Waals surface area contributed by atoms with E-state index in [1.54, 1.807) is 0 Å². The minimum Gasteiger partial charge on any atom is -0.394 e. The molecule has 0 aliphatic rings. The van der Waals surface area contributed by atoms with Crippen LogP contribution in [0.2, 0.25) is 0 Å². The van der Waals surface area contributed by atoms with Crippen LogP contribution in [0.4, 0.5) is 0 Å². The Bertz CT molecular complexity index is 329. The summed E-state index contributed by atoms with van der Waals surface area (Å²) < 4.78 is 0. The van der Waals surface area contributed by atoms with E-state index in [-0.39, 0.29) is 12.6 Å². The normalized spacial score (nSPS) is 12.8. The minimum absolute atomic E-state index is 0.0689. The lowest BCUT2D eigenvalue weighted by atomic mass is 9.99. The molecule has 0 saturated heterocycles. The van der Waals surface area contributed by atoms with Crippen molar-refractivity contribution in [2.45, 2.75) is 77.3 Å². The molecule has 0 spiro atoms. The Morgan fingerprint density at radius 2 is 1.48 bits per heavy atom. The van der Waals surface area contributed by atoms with Crippen molar-refractivity contribution in [1.82, 2.24) is 5.32 Å². The maximum Gasteiger partial charge on any atom is 0.0626 e. The summed E-state index contributed by atoms with van der Waals surface area (Å²) in [6.07, 6.45) is 10.2. The first-order valence-corrected chi connectivity index (χ1v) is 8.73. The molecule has 1 aromatic rings. The third kappa shape index (κ3) is 7.63. The number of hydrogen-bond acceptors (Lipinski definition) is 2. The number of aliphatic hydroxyl groups excluding tert-OH is 1. The average Bonchev–Trinajstić information content (AvgIpc) is 2.53. The fraction of sp³-hybridized carbons (Fsp3) is 0.684. The van der Waals surface area contributed by atoms with E-state index < -0.39 is 0 Å². The number of aliphatic hydroxyl groups is 1. The Labute approximate surface area is 131 Å². The zero-order valence-electron chi connectivity index (χ0n) is 13.9. The van der Waals surface area contributed by atoms with Gasteiger partial charge in [0.25, 0.3) is 0 Å². The summed E-state index contributed by atoms with van der Waals surface area (Å²) >= 11 is 0. The van der Waals surface area contributed by atoms with Crippen molar-refractivity contribution >= 4 is 0 Å². The zero-order valence-corrected chi connectivity index (χ0v) is 13.9. The molecule has 0 fully saturated rings. The van der Waals surface area contributed by atoms with Crippen LogP contribution in [0.5, 0.6) is 0 Å². The van der Waals surface area contributed by atoms with Crippen molar-refractivity contribution in [2.24, 2.45) is 0 Å². The van der Waals surface area contributed by atoms with Crippen LogP contribution in [-0.2, 0) is 0 Å². The highest BCUT2D eigenvalue weighted by Gasteiger charge is 2.15. The largest absolute Gasteiger partial charge is 0.394 e. The van der Waals surface area contributed by atoms with Crippen molar-refractivity contribution in [3.63, 3.8) is 0 Å². The topological polar surface area (TPSA) is 32.3 Å². The highest BCUT2D eigenvalue weighted by Crippen LogP contribution is 2.17. The maximum atomic E-state index is 9.71. The molecule has 0 heterocycles. The highest BCUT2D eigenvalue weighted by atomic mass is 16.3. The van der Waals surface area contributed by atoms with Crippen LogP contribution in [-0.4, -0.2) is 17.8 Å². The summed E-state index contributed by atoms with van der Waals surface area (Å²) in [5.74, 6) is 0. The molecule has 0 bridgehead atoms. The second kappa shape index (κ2) is 11.8. The van der Waals surface area contributed by atoms with Crippen LogP contribution in [0.3, 0.4) is 0 Å². The molecule has 0 aliphatic heterocycles. The molecule has 2 N–H and O–H groups in total. The third-order valence-electron chi connectivity index (χ3n) is 4.13. The van der Waals surface area contributed by atoms with Gasteiger partial charge >= 0.3 is 0 Å². The predicted molar refractivity (Wildman–Crippen MR) is 91.5 cm³/mol.